The molecule has 0 aliphatic heterocycles. The van der Waals surface area contributed by atoms with E-state index in [1.807, 2.05) is 12.3 Å². The van der Waals surface area contributed by atoms with Gasteiger partial charge in [-0.1, -0.05) is 27.2 Å². The molecule has 1 heterocycles. The van der Waals surface area contributed by atoms with Gasteiger partial charge in [0.15, 0.2) is 0 Å². The molecule has 18 heavy (non-hydrogen) atoms. The number of sulfonamides is 1. The number of hydrogen-bond acceptors (Lipinski definition) is 4. The number of nitrogens with zero attached hydrogens (tertiary/aromatic N) is 1. The highest BCUT2D eigenvalue weighted by Crippen LogP contribution is 2.24. The maximum atomic E-state index is 11.9. The molecule has 0 aliphatic carbocycles. The summed E-state index contributed by atoms with van der Waals surface area (Å²) in [6, 6.07) is -0.188. The zero-order valence-corrected chi connectivity index (χ0v) is 12.9. The van der Waals surface area contributed by atoms with E-state index >= 15 is 0 Å². The summed E-state index contributed by atoms with van der Waals surface area (Å²) in [4.78, 5) is 4.23. The van der Waals surface area contributed by atoms with Gasteiger partial charge in [-0.15, -0.1) is 11.3 Å². The Morgan fingerprint density at radius 2 is 2.17 bits per heavy atom. The van der Waals surface area contributed by atoms with Crippen LogP contribution in [0.15, 0.2) is 11.6 Å². The number of rotatable bonds is 8. The first kappa shape index (κ1) is 15.6. The van der Waals surface area contributed by atoms with E-state index in [9.17, 15) is 8.42 Å². The second kappa shape index (κ2) is 7.21. The fraction of sp³-hybridized carbons (Fsp3) is 0.750. The van der Waals surface area contributed by atoms with Crippen molar-refractivity contribution < 1.29 is 8.42 Å². The predicted molar refractivity (Wildman–Crippen MR) is 76.1 cm³/mol. The van der Waals surface area contributed by atoms with Crippen LogP contribution in [0.5, 0.6) is 0 Å². The fourth-order valence-corrected chi connectivity index (χ4v) is 3.89. The molecule has 0 saturated carbocycles. The summed E-state index contributed by atoms with van der Waals surface area (Å²) in [5.41, 5.74) is 0. The number of nitrogens with one attached hydrogen (secondary N) is 1. The Kier molecular flexibility index (Phi) is 6.25. The first-order valence-electron chi connectivity index (χ1n) is 6.34. The van der Waals surface area contributed by atoms with E-state index in [-0.39, 0.29) is 11.8 Å². The lowest BCUT2D eigenvalue weighted by Gasteiger charge is -2.18. The summed E-state index contributed by atoms with van der Waals surface area (Å²) >= 11 is 1.50. The number of thiazole rings is 1. The minimum atomic E-state index is -3.20. The summed E-state index contributed by atoms with van der Waals surface area (Å²) < 4.78 is 26.7. The lowest BCUT2D eigenvalue weighted by molar-refractivity contribution is 0.470. The van der Waals surface area contributed by atoms with Crippen LogP contribution in [0.25, 0.3) is 0 Å². The SMILES string of the molecule is CCCCS(=O)(=O)NC(CC(C)C)c1nccs1. The van der Waals surface area contributed by atoms with Gasteiger partial charge in [0.05, 0.1) is 11.8 Å². The summed E-state index contributed by atoms with van der Waals surface area (Å²) in [6.45, 7) is 6.16. The van der Waals surface area contributed by atoms with E-state index < -0.39 is 10.0 Å². The van der Waals surface area contributed by atoms with Crippen LogP contribution in [0.1, 0.15) is 51.1 Å². The second-order valence-electron chi connectivity index (χ2n) is 4.84. The third-order valence-corrected chi connectivity index (χ3v) is 4.90. The Labute approximate surface area is 114 Å². The highest BCUT2D eigenvalue weighted by molar-refractivity contribution is 7.89. The number of hydrogen-bond donors (Lipinski definition) is 1. The monoisotopic (exact) mass is 290 g/mol. The maximum Gasteiger partial charge on any atom is 0.212 e. The molecule has 1 aromatic rings. The van der Waals surface area contributed by atoms with E-state index in [0.717, 1.165) is 17.8 Å². The van der Waals surface area contributed by atoms with Gasteiger partial charge >= 0.3 is 0 Å². The Balaban J connectivity index is 2.73. The van der Waals surface area contributed by atoms with E-state index in [1.54, 1.807) is 6.20 Å². The zero-order valence-electron chi connectivity index (χ0n) is 11.2. The van der Waals surface area contributed by atoms with Crippen LogP contribution in [0, 0.1) is 5.92 Å². The van der Waals surface area contributed by atoms with Crippen LogP contribution in [-0.2, 0) is 10.0 Å². The van der Waals surface area contributed by atoms with Gasteiger partial charge < -0.3 is 0 Å². The Bertz CT molecular complexity index is 427. The number of aromatic nitrogens is 1. The lowest BCUT2D eigenvalue weighted by atomic mass is 10.1. The standard InChI is InChI=1S/C12H22N2O2S2/c1-4-5-8-18(15,16)14-11(9-10(2)3)12-13-6-7-17-12/h6-7,10-11,14H,4-5,8-9H2,1-3H3. The molecule has 1 unspecified atom stereocenters. The summed E-state index contributed by atoms with van der Waals surface area (Å²) in [6.07, 6.45) is 4.07. The predicted octanol–water partition coefficient (Wildman–Crippen LogP) is 2.95. The van der Waals surface area contributed by atoms with Gasteiger partial charge in [0, 0.05) is 11.6 Å². The quantitative estimate of drug-likeness (QED) is 0.800. The van der Waals surface area contributed by atoms with Crippen molar-refractivity contribution in [2.75, 3.05) is 5.75 Å². The first-order chi connectivity index (χ1) is 8.44. The minimum Gasteiger partial charge on any atom is -0.248 e. The fourth-order valence-electron chi connectivity index (χ4n) is 1.69. The largest absolute Gasteiger partial charge is 0.248 e. The van der Waals surface area contributed by atoms with E-state index in [1.165, 1.54) is 11.3 Å². The Morgan fingerprint density at radius 1 is 1.44 bits per heavy atom. The van der Waals surface area contributed by atoms with Crippen molar-refractivity contribution in [3.05, 3.63) is 16.6 Å². The molecule has 6 heteroatoms. The van der Waals surface area contributed by atoms with Crippen molar-refractivity contribution in [3.8, 4) is 0 Å². The van der Waals surface area contributed by atoms with Gasteiger partial charge in [-0.05, 0) is 18.8 Å². The van der Waals surface area contributed by atoms with Crippen molar-refractivity contribution in [2.45, 2.75) is 46.1 Å². The molecule has 104 valence electrons. The highest BCUT2D eigenvalue weighted by Gasteiger charge is 2.21. The van der Waals surface area contributed by atoms with Crippen molar-refractivity contribution in [1.29, 1.82) is 0 Å². The number of unbranched alkanes of at least 4 members (excludes halogenated alkanes) is 1. The molecule has 0 spiro atoms. The van der Waals surface area contributed by atoms with Crippen LogP contribution >= 0.6 is 11.3 Å². The van der Waals surface area contributed by atoms with Crippen molar-refractivity contribution in [2.24, 2.45) is 5.92 Å². The van der Waals surface area contributed by atoms with Gasteiger partial charge in [-0.25, -0.2) is 18.1 Å². The van der Waals surface area contributed by atoms with Gasteiger partial charge in [0.25, 0.3) is 0 Å². The molecule has 0 saturated heterocycles. The van der Waals surface area contributed by atoms with Crippen LogP contribution in [-0.4, -0.2) is 19.2 Å². The van der Waals surface area contributed by atoms with Gasteiger partial charge in [-0.2, -0.15) is 0 Å². The molecule has 0 aliphatic rings. The minimum absolute atomic E-state index is 0.188. The van der Waals surface area contributed by atoms with E-state index in [0.29, 0.717) is 12.3 Å². The van der Waals surface area contributed by atoms with Crippen LogP contribution in [0.4, 0.5) is 0 Å². The zero-order chi connectivity index (χ0) is 13.6. The molecule has 1 N–H and O–H groups in total. The van der Waals surface area contributed by atoms with E-state index in [4.69, 9.17) is 0 Å². The topological polar surface area (TPSA) is 59.1 Å². The average molecular weight is 290 g/mol. The van der Waals surface area contributed by atoms with Crippen LogP contribution in [0.3, 0.4) is 0 Å². The molecular formula is C12H22N2O2S2. The smallest absolute Gasteiger partial charge is 0.212 e. The third-order valence-electron chi connectivity index (χ3n) is 2.55. The Hall–Kier alpha value is -0.460. The maximum absolute atomic E-state index is 11.9. The molecule has 4 nitrogen and oxygen atoms in total. The van der Waals surface area contributed by atoms with Crippen molar-refractivity contribution in [3.63, 3.8) is 0 Å². The van der Waals surface area contributed by atoms with Crippen LogP contribution in [0.2, 0.25) is 0 Å². The van der Waals surface area contributed by atoms with E-state index in [2.05, 4.69) is 23.6 Å². The molecule has 0 radical (unpaired) electrons. The summed E-state index contributed by atoms with van der Waals surface area (Å²) in [7, 11) is -3.20. The molecular weight excluding hydrogens is 268 g/mol. The van der Waals surface area contributed by atoms with Gasteiger partial charge in [-0.3, -0.25) is 0 Å². The normalized spacial score (nSPS) is 14.0. The molecule has 1 atom stereocenters. The van der Waals surface area contributed by atoms with Crippen LogP contribution < -0.4 is 4.72 Å². The summed E-state index contributed by atoms with van der Waals surface area (Å²) in [5.74, 6) is 0.622. The van der Waals surface area contributed by atoms with Gasteiger partial charge in [0.2, 0.25) is 10.0 Å². The third kappa shape index (κ3) is 5.46. The molecule has 0 amide bonds. The molecule has 0 fully saturated rings. The average Bonchev–Trinajstić information content (AvgIpc) is 2.78. The van der Waals surface area contributed by atoms with Crippen molar-refractivity contribution in [1.82, 2.24) is 9.71 Å². The van der Waals surface area contributed by atoms with Gasteiger partial charge in [0.1, 0.15) is 5.01 Å². The first-order valence-corrected chi connectivity index (χ1v) is 8.87. The molecule has 1 aromatic heterocycles. The summed E-state index contributed by atoms with van der Waals surface area (Å²) in [5, 5.41) is 2.73. The molecule has 0 bridgehead atoms. The molecule has 1 rings (SSSR count). The van der Waals surface area contributed by atoms with Crippen molar-refractivity contribution >= 4 is 21.4 Å². The Morgan fingerprint density at radius 3 is 2.67 bits per heavy atom. The lowest BCUT2D eigenvalue weighted by Crippen LogP contribution is -2.31. The highest BCUT2D eigenvalue weighted by atomic mass is 32.2. The molecule has 0 aromatic carbocycles. The second-order valence-corrected chi connectivity index (χ2v) is 7.64.